The second-order valence-corrected chi connectivity index (χ2v) is 3.00. The fourth-order valence-electron chi connectivity index (χ4n) is 1.25. The molecule has 6 heteroatoms. The Kier molecular flexibility index (Phi) is 3.88. The zero-order chi connectivity index (χ0) is 10.8. The number of nitrogens with zero attached hydrogens (tertiary/aromatic N) is 2. The van der Waals surface area contributed by atoms with Crippen molar-refractivity contribution >= 4 is 24.8 Å². The van der Waals surface area contributed by atoms with Gasteiger partial charge in [-0.1, -0.05) is 6.07 Å². The van der Waals surface area contributed by atoms with Gasteiger partial charge in [-0.3, -0.25) is 0 Å². The summed E-state index contributed by atoms with van der Waals surface area (Å²) in [5.74, 6) is -0.937. The average Bonchev–Trinajstić information content (AvgIpc) is 2.65. The number of carboxylic acid groups (broad SMARTS) is 1. The van der Waals surface area contributed by atoms with E-state index in [-0.39, 0.29) is 30.3 Å². The van der Waals surface area contributed by atoms with Crippen LogP contribution in [0.2, 0.25) is 0 Å². The molecule has 0 aliphatic heterocycles. The first kappa shape index (κ1) is 12.5. The average molecular weight is 211 g/mol. The minimum Gasteiger partial charge on any atom is -0.476 e. The van der Waals surface area contributed by atoms with Gasteiger partial charge in [0.05, 0.1) is 0 Å². The van der Waals surface area contributed by atoms with Crippen molar-refractivity contribution in [3.05, 3.63) is 36.0 Å². The Labute approximate surface area is 104 Å². The van der Waals surface area contributed by atoms with E-state index in [4.69, 9.17) is 9.52 Å². The molecule has 0 unspecified atom stereocenters. The first-order valence-corrected chi connectivity index (χ1v) is 4.29. The molecule has 2 aromatic heterocycles. The van der Waals surface area contributed by atoms with Crippen LogP contribution >= 0.6 is 0 Å². The van der Waals surface area contributed by atoms with Crippen molar-refractivity contribution < 1.29 is 14.3 Å². The van der Waals surface area contributed by atoms with E-state index in [1.807, 2.05) is 13.0 Å². The molecule has 1 N–H and O–H groups in total. The van der Waals surface area contributed by atoms with Crippen LogP contribution in [-0.2, 0) is 0 Å². The SMILES string of the molecule is Cc1cccc(-c2ocnc2C(=O)O)n1.[Li]. The first-order valence-electron chi connectivity index (χ1n) is 4.29. The summed E-state index contributed by atoms with van der Waals surface area (Å²) < 4.78 is 5.01. The second kappa shape index (κ2) is 4.97. The van der Waals surface area contributed by atoms with Crippen LogP contribution in [0.15, 0.2) is 29.0 Å². The Bertz CT molecular complexity index is 510. The fraction of sp³-hybridized carbons (Fsp3) is 0.100. The maximum absolute atomic E-state index is 10.8. The van der Waals surface area contributed by atoms with Gasteiger partial charge in [0.15, 0.2) is 17.8 Å². The van der Waals surface area contributed by atoms with Crippen molar-refractivity contribution in [2.75, 3.05) is 0 Å². The molecular formula is C10H8LiN2O3. The largest absolute Gasteiger partial charge is 0.476 e. The van der Waals surface area contributed by atoms with Gasteiger partial charge in [0, 0.05) is 24.6 Å². The number of pyridine rings is 1. The Morgan fingerprint density at radius 3 is 2.81 bits per heavy atom. The van der Waals surface area contributed by atoms with E-state index in [0.717, 1.165) is 12.1 Å². The molecule has 0 amide bonds. The Morgan fingerprint density at radius 1 is 1.44 bits per heavy atom. The topological polar surface area (TPSA) is 76.2 Å². The van der Waals surface area contributed by atoms with Crippen molar-refractivity contribution in [1.82, 2.24) is 9.97 Å². The van der Waals surface area contributed by atoms with Crippen molar-refractivity contribution in [3.8, 4) is 11.5 Å². The molecular weight excluding hydrogens is 203 g/mol. The van der Waals surface area contributed by atoms with E-state index in [2.05, 4.69) is 9.97 Å². The molecule has 0 aliphatic carbocycles. The normalized spacial score (nSPS) is 9.56. The van der Waals surface area contributed by atoms with Gasteiger partial charge in [0.1, 0.15) is 5.69 Å². The summed E-state index contributed by atoms with van der Waals surface area (Å²) in [5, 5.41) is 8.83. The van der Waals surface area contributed by atoms with E-state index in [9.17, 15) is 4.79 Å². The van der Waals surface area contributed by atoms with Crippen LogP contribution in [0.4, 0.5) is 0 Å². The van der Waals surface area contributed by atoms with Gasteiger partial charge in [-0.2, -0.15) is 0 Å². The van der Waals surface area contributed by atoms with E-state index in [1.54, 1.807) is 12.1 Å². The van der Waals surface area contributed by atoms with Crippen molar-refractivity contribution in [2.45, 2.75) is 6.92 Å². The molecule has 16 heavy (non-hydrogen) atoms. The zero-order valence-electron chi connectivity index (χ0n) is 8.97. The van der Waals surface area contributed by atoms with Crippen LogP contribution in [-0.4, -0.2) is 39.9 Å². The van der Waals surface area contributed by atoms with Gasteiger partial charge in [-0.25, -0.2) is 14.8 Å². The predicted molar refractivity (Wildman–Crippen MR) is 57.2 cm³/mol. The number of aryl methyl sites for hydroxylation is 1. The van der Waals surface area contributed by atoms with E-state index in [0.29, 0.717) is 5.69 Å². The number of oxazole rings is 1. The summed E-state index contributed by atoms with van der Waals surface area (Å²) in [7, 11) is 0. The summed E-state index contributed by atoms with van der Waals surface area (Å²) >= 11 is 0. The third-order valence-electron chi connectivity index (χ3n) is 1.89. The molecule has 5 nitrogen and oxygen atoms in total. The Morgan fingerprint density at radius 2 is 2.19 bits per heavy atom. The quantitative estimate of drug-likeness (QED) is 0.759. The van der Waals surface area contributed by atoms with E-state index >= 15 is 0 Å². The third kappa shape index (κ3) is 2.32. The minimum atomic E-state index is -1.12. The molecule has 0 saturated heterocycles. The minimum absolute atomic E-state index is 0. The third-order valence-corrected chi connectivity index (χ3v) is 1.89. The Hall–Kier alpha value is -1.57. The number of rotatable bonds is 2. The van der Waals surface area contributed by atoms with Gasteiger partial charge in [-0.05, 0) is 19.1 Å². The molecule has 0 bridgehead atoms. The maximum Gasteiger partial charge on any atom is 0.358 e. The van der Waals surface area contributed by atoms with Gasteiger partial charge < -0.3 is 9.52 Å². The molecule has 0 saturated carbocycles. The van der Waals surface area contributed by atoms with E-state index in [1.165, 1.54) is 0 Å². The molecule has 77 valence electrons. The molecule has 0 aliphatic rings. The van der Waals surface area contributed by atoms with Gasteiger partial charge in [0.2, 0.25) is 0 Å². The maximum atomic E-state index is 10.8. The summed E-state index contributed by atoms with van der Waals surface area (Å²) in [6.07, 6.45) is 1.10. The molecule has 0 atom stereocenters. The molecule has 2 heterocycles. The van der Waals surface area contributed by atoms with Crippen LogP contribution in [0.1, 0.15) is 16.2 Å². The standard InChI is InChI=1S/C10H8N2O3.Li/c1-6-3-2-4-7(12-6)9-8(10(13)14)11-5-15-9;/h2-5H,1H3,(H,13,14);. The van der Waals surface area contributed by atoms with Crippen LogP contribution in [0.25, 0.3) is 11.5 Å². The molecule has 0 spiro atoms. The summed E-state index contributed by atoms with van der Waals surface area (Å²) in [6.45, 7) is 1.82. The van der Waals surface area contributed by atoms with Crippen LogP contribution in [0.3, 0.4) is 0 Å². The molecule has 0 aromatic carbocycles. The number of hydrogen-bond donors (Lipinski definition) is 1. The van der Waals surface area contributed by atoms with Gasteiger partial charge in [-0.15, -0.1) is 0 Å². The summed E-state index contributed by atoms with van der Waals surface area (Å²) in [5.41, 5.74) is 1.15. The number of aromatic carboxylic acids is 1. The molecule has 2 rings (SSSR count). The zero-order valence-corrected chi connectivity index (χ0v) is 8.97. The molecule has 2 aromatic rings. The van der Waals surface area contributed by atoms with Gasteiger partial charge >= 0.3 is 5.97 Å². The van der Waals surface area contributed by atoms with Gasteiger partial charge in [0.25, 0.3) is 0 Å². The molecule has 0 fully saturated rings. The van der Waals surface area contributed by atoms with Crippen molar-refractivity contribution in [1.29, 1.82) is 0 Å². The Balaban J connectivity index is 0.00000128. The fourth-order valence-corrected chi connectivity index (χ4v) is 1.25. The van der Waals surface area contributed by atoms with Crippen molar-refractivity contribution in [3.63, 3.8) is 0 Å². The number of carboxylic acids is 1. The number of aromatic nitrogens is 2. The summed E-state index contributed by atoms with van der Waals surface area (Å²) in [6, 6.07) is 5.28. The van der Waals surface area contributed by atoms with E-state index < -0.39 is 5.97 Å². The molecule has 1 radical (unpaired) electrons. The van der Waals surface area contributed by atoms with Crippen LogP contribution in [0.5, 0.6) is 0 Å². The monoisotopic (exact) mass is 211 g/mol. The summed E-state index contributed by atoms with van der Waals surface area (Å²) in [4.78, 5) is 18.6. The number of hydrogen-bond acceptors (Lipinski definition) is 4. The second-order valence-electron chi connectivity index (χ2n) is 3.00. The van der Waals surface area contributed by atoms with Crippen LogP contribution < -0.4 is 0 Å². The van der Waals surface area contributed by atoms with Crippen LogP contribution in [0, 0.1) is 6.92 Å². The van der Waals surface area contributed by atoms with Crippen molar-refractivity contribution in [2.24, 2.45) is 0 Å². The number of carbonyl (C=O) groups is 1. The smallest absolute Gasteiger partial charge is 0.358 e. The first-order chi connectivity index (χ1) is 7.18. The predicted octanol–water partition coefficient (Wildman–Crippen LogP) is 1.36.